The molecule has 0 aromatic heterocycles. The Morgan fingerprint density at radius 2 is 1.42 bits per heavy atom. The third-order valence-electron chi connectivity index (χ3n) is 3.35. The number of carbonyl (C=O) groups is 1. The van der Waals surface area contributed by atoms with Crippen LogP contribution in [0.1, 0.15) is 84.5 Å². The van der Waals surface area contributed by atoms with Gasteiger partial charge in [0.1, 0.15) is 0 Å². The molecule has 0 aliphatic rings. The molecule has 19 heavy (non-hydrogen) atoms. The van der Waals surface area contributed by atoms with E-state index in [-0.39, 0.29) is 5.91 Å². The fourth-order valence-electron chi connectivity index (χ4n) is 2.12. The molecule has 114 valence electrons. The molecular formula is C16H33NO2. The summed E-state index contributed by atoms with van der Waals surface area (Å²) in [5.41, 5.74) is 0. The van der Waals surface area contributed by atoms with Gasteiger partial charge in [0.15, 0.2) is 0 Å². The third-order valence-corrected chi connectivity index (χ3v) is 3.35. The lowest BCUT2D eigenvalue weighted by atomic mass is 10.1. The van der Waals surface area contributed by atoms with Gasteiger partial charge in [-0.15, -0.1) is 0 Å². The van der Waals surface area contributed by atoms with Gasteiger partial charge in [0.25, 0.3) is 0 Å². The second-order valence-corrected chi connectivity index (χ2v) is 5.59. The molecule has 0 aliphatic heterocycles. The molecule has 1 atom stereocenters. The largest absolute Gasteiger partial charge is 0.392 e. The van der Waals surface area contributed by atoms with Crippen LogP contribution in [0.3, 0.4) is 0 Å². The van der Waals surface area contributed by atoms with Gasteiger partial charge in [-0.3, -0.25) is 4.79 Å². The minimum Gasteiger partial charge on any atom is -0.392 e. The molecule has 0 rings (SSSR count). The molecular weight excluding hydrogens is 238 g/mol. The molecule has 0 heterocycles. The SMILES string of the molecule is CCCCCCCCCCCCC(=O)NCC(C)O. The summed E-state index contributed by atoms with van der Waals surface area (Å²) in [5.74, 6) is 0.0699. The Bertz CT molecular complexity index is 205. The maximum atomic E-state index is 11.4. The van der Waals surface area contributed by atoms with Crippen LogP contribution in [-0.2, 0) is 4.79 Å². The summed E-state index contributed by atoms with van der Waals surface area (Å²) in [4.78, 5) is 11.4. The maximum Gasteiger partial charge on any atom is 0.220 e. The highest BCUT2D eigenvalue weighted by atomic mass is 16.3. The van der Waals surface area contributed by atoms with Crippen LogP contribution in [0.4, 0.5) is 0 Å². The number of amides is 1. The lowest BCUT2D eigenvalue weighted by Gasteiger charge is -2.06. The van der Waals surface area contributed by atoms with E-state index >= 15 is 0 Å². The van der Waals surface area contributed by atoms with Gasteiger partial charge in [0.05, 0.1) is 6.10 Å². The topological polar surface area (TPSA) is 49.3 Å². The standard InChI is InChI=1S/C16H33NO2/c1-3-4-5-6-7-8-9-10-11-12-13-16(19)17-14-15(2)18/h15,18H,3-14H2,1-2H3,(H,17,19). The monoisotopic (exact) mass is 271 g/mol. The number of hydrogen-bond donors (Lipinski definition) is 2. The fraction of sp³-hybridized carbons (Fsp3) is 0.938. The van der Waals surface area contributed by atoms with Crippen LogP contribution in [0.5, 0.6) is 0 Å². The van der Waals surface area contributed by atoms with Crippen molar-refractivity contribution in [3.05, 3.63) is 0 Å². The number of carbonyl (C=O) groups excluding carboxylic acids is 1. The number of hydrogen-bond acceptors (Lipinski definition) is 2. The van der Waals surface area contributed by atoms with Gasteiger partial charge < -0.3 is 10.4 Å². The van der Waals surface area contributed by atoms with E-state index < -0.39 is 6.10 Å². The first-order chi connectivity index (χ1) is 9.16. The highest BCUT2D eigenvalue weighted by Crippen LogP contribution is 2.11. The molecule has 0 saturated carbocycles. The van der Waals surface area contributed by atoms with Crippen molar-refractivity contribution in [3.8, 4) is 0 Å². The van der Waals surface area contributed by atoms with Crippen LogP contribution >= 0.6 is 0 Å². The van der Waals surface area contributed by atoms with E-state index in [4.69, 9.17) is 5.11 Å². The van der Waals surface area contributed by atoms with Crippen molar-refractivity contribution in [2.45, 2.75) is 90.6 Å². The number of rotatable bonds is 13. The molecule has 0 bridgehead atoms. The predicted molar refractivity (Wildman–Crippen MR) is 81.2 cm³/mol. The molecule has 0 fully saturated rings. The van der Waals surface area contributed by atoms with E-state index in [1.165, 1.54) is 51.4 Å². The van der Waals surface area contributed by atoms with Crippen molar-refractivity contribution in [1.29, 1.82) is 0 Å². The van der Waals surface area contributed by atoms with E-state index in [9.17, 15) is 4.79 Å². The van der Waals surface area contributed by atoms with Gasteiger partial charge in [0, 0.05) is 13.0 Å². The van der Waals surface area contributed by atoms with Crippen molar-refractivity contribution < 1.29 is 9.90 Å². The number of nitrogens with one attached hydrogen (secondary N) is 1. The molecule has 0 aromatic carbocycles. The van der Waals surface area contributed by atoms with Crippen molar-refractivity contribution in [2.24, 2.45) is 0 Å². The van der Waals surface area contributed by atoms with E-state index in [1.54, 1.807) is 6.92 Å². The zero-order valence-electron chi connectivity index (χ0n) is 12.9. The molecule has 0 radical (unpaired) electrons. The molecule has 0 saturated heterocycles. The van der Waals surface area contributed by atoms with Gasteiger partial charge in [-0.1, -0.05) is 64.7 Å². The van der Waals surface area contributed by atoms with Gasteiger partial charge in [-0.05, 0) is 13.3 Å². The first-order valence-electron chi connectivity index (χ1n) is 8.11. The lowest BCUT2D eigenvalue weighted by molar-refractivity contribution is -0.121. The van der Waals surface area contributed by atoms with Crippen LogP contribution in [0, 0.1) is 0 Å². The summed E-state index contributed by atoms with van der Waals surface area (Å²) in [6.45, 7) is 4.30. The second-order valence-electron chi connectivity index (χ2n) is 5.59. The maximum absolute atomic E-state index is 11.4. The van der Waals surface area contributed by atoms with Crippen LogP contribution in [0.15, 0.2) is 0 Å². The van der Waals surface area contributed by atoms with E-state index in [0.717, 1.165) is 12.8 Å². The highest BCUT2D eigenvalue weighted by molar-refractivity contribution is 5.75. The van der Waals surface area contributed by atoms with Gasteiger partial charge in [0.2, 0.25) is 5.91 Å². The zero-order valence-corrected chi connectivity index (χ0v) is 12.9. The first kappa shape index (κ1) is 18.4. The second kappa shape index (κ2) is 13.9. The number of aliphatic hydroxyl groups is 1. The van der Waals surface area contributed by atoms with Crippen LogP contribution in [0.25, 0.3) is 0 Å². The molecule has 0 aliphatic carbocycles. The molecule has 3 nitrogen and oxygen atoms in total. The predicted octanol–water partition coefficient (Wildman–Crippen LogP) is 3.79. The minimum atomic E-state index is -0.448. The summed E-state index contributed by atoms with van der Waals surface area (Å²) >= 11 is 0. The molecule has 0 spiro atoms. The summed E-state index contributed by atoms with van der Waals surface area (Å²) < 4.78 is 0. The van der Waals surface area contributed by atoms with E-state index in [0.29, 0.717) is 13.0 Å². The first-order valence-corrected chi connectivity index (χ1v) is 8.11. The van der Waals surface area contributed by atoms with Crippen LogP contribution in [-0.4, -0.2) is 23.7 Å². The molecule has 2 N–H and O–H groups in total. The molecule has 0 aromatic rings. The summed E-state index contributed by atoms with van der Waals surface area (Å²) in [6.07, 6.45) is 13.0. The molecule has 1 amide bonds. The minimum absolute atomic E-state index is 0.0699. The van der Waals surface area contributed by atoms with Crippen molar-refractivity contribution in [3.63, 3.8) is 0 Å². The molecule has 1 unspecified atom stereocenters. The number of aliphatic hydroxyl groups excluding tert-OH is 1. The lowest BCUT2D eigenvalue weighted by Crippen LogP contribution is -2.30. The van der Waals surface area contributed by atoms with E-state index in [1.807, 2.05) is 0 Å². The Morgan fingerprint density at radius 1 is 0.947 bits per heavy atom. The Labute approximate surface area is 119 Å². The highest BCUT2D eigenvalue weighted by Gasteiger charge is 2.02. The third kappa shape index (κ3) is 15.4. The Balaban J connectivity index is 3.11. The smallest absolute Gasteiger partial charge is 0.220 e. The Hall–Kier alpha value is -0.570. The van der Waals surface area contributed by atoms with Gasteiger partial charge >= 0.3 is 0 Å². The summed E-state index contributed by atoms with van der Waals surface area (Å²) in [6, 6.07) is 0. The van der Waals surface area contributed by atoms with Gasteiger partial charge in [-0.2, -0.15) is 0 Å². The number of unbranched alkanes of at least 4 members (excludes halogenated alkanes) is 9. The Kier molecular flexibility index (Phi) is 13.4. The fourth-order valence-corrected chi connectivity index (χ4v) is 2.12. The molecule has 3 heteroatoms. The Morgan fingerprint density at radius 3 is 1.89 bits per heavy atom. The average Bonchev–Trinajstić information content (AvgIpc) is 2.38. The summed E-state index contributed by atoms with van der Waals surface area (Å²) in [7, 11) is 0. The van der Waals surface area contributed by atoms with E-state index in [2.05, 4.69) is 12.2 Å². The van der Waals surface area contributed by atoms with Crippen LogP contribution < -0.4 is 5.32 Å². The van der Waals surface area contributed by atoms with Crippen molar-refractivity contribution in [2.75, 3.05) is 6.54 Å². The average molecular weight is 271 g/mol. The summed E-state index contributed by atoms with van der Waals surface area (Å²) in [5, 5.41) is 11.8. The van der Waals surface area contributed by atoms with Crippen molar-refractivity contribution in [1.82, 2.24) is 5.32 Å². The quantitative estimate of drug-likeness (QED) is 0.501. The normalized spacial score (nSPS) is 12.4. The zero-order chi connectivity index (χ0) is 14.3. The van der Waals surface area contributed by atoms with Gasteiger partial charge in [-0.25, -0.2) is 0 Å². The van der Waals surface area contributed by atoms with Crippen LogP contribution in [0.2, 0.25) is 0 Å². The van der Waals surface area contributed by atoms with Crippen molar-refractivity contribution >= 4 is 5.91 Å².